The van der Waals surface area contributed by atoms with Crippen LogP contribution in [0.4, 0.5) is 0 Å². The van der Waals surface area contributed by atoms with Crippen LogP contribution in [0.5, 0.6) is 0 Å². The van der Waals surface area contributed by atoms with Crippen molar-refractivity contribution in [1.29, 1.82) is 0 Å². The van der Waals surface area contributed by atoms with E-state index in [1.165, 1.54) is 0 Å². The second-order valence-electron chi connectivity index (χ2n) is 4.11. The summed E-state index contributed by atoms with van der Waals surface area (Å²) in [5, 5.41) is 0. The first kappa shape index (κ1) is 13.9. The maximum atomic E-state index is 11.6. The summed E-state index contributed by atoms with van der Waals surface area (Å²) >= 11 is 3.44. The molecule has 0 saturated heterocycles. The summed E-state index contributed by atoms with van der Waals surface area (Å²) < 4.78 is 13.1. The SMILES string of the molecule is COCCn1c(C)c(C(N)=O)c(Br)c1-c1ccco1. The van der Waals surface area contributed by atoms with E-state index in [0.29, 0.717) is 28.9 Å². The van der Waals surface area contributed by atoms with Crippen LogP contribution in [0.3, 0.4) is 0 Å². The average molecular weight is 327 g/mol. The molecule has 0 aliphatic heterocycles. The fourth-order valence-corrected chi connectivity index (χ4v) is 2.99. The van der Waals surface area contributed by atoms with Crippen molar-refractivity contribution in [2.75, 3.05) is 13.7 Å². The molecule has 2 N–H and O–H groups in total. The Kier molecular flexibility index (Phi) is 4.11. The van der Waals surface area contributed by atoms with Crippen LogP contribution in [0.1, 0.15) is 16.1 Å². The third-order valence-electron chi connectivity index (χ3n) is 2.98. The second kappa shape index (κ2) is 5.63. The van der Waals surface area contributed by atoms with Gasteiger partial charge in [-0.05, 0) is 35.0 Å². The van der Waals surface area contributed by atoms with Crippen molar-refractivity contribution in [3.05, 3.63) is 34.1 Å². The van der Waals surface area contributed by atoms with E-state index in [0.717, 1.165) is 11.4 Å². The summed E-state index contributed by atoms with van der Waals surface area (Å²) in [6, 6.07) is 3.64. The monoisotopic (exact) mass is 326 g/mol. The van der Waals surface area contributed by atoms with Gasteiger partial charge in [-0.15, -0.1) is 0 Å². The van der Waals surface area contributed by atoms with E-state index in [1.807, 2.05) is 17.6 Å². The number of ether oxygens (including phenoxy) is 1. The molecular formula is C13H15BrN2O3. The van der Waals surface area contributed by atoms with E-state index in [2.05, 4.69) is 15.9 Å². The number of hydrogen-bond donors (Lipinski definition) is 1. The van der Waals surface area contributed by atoms with E-state index in [4.69, 9.17) is 14.9 Å². The van der Waals surface area contributed by atoms with Crippen LogP contribution < -0.4 is 5.73 Å². The topological polar surface area (TPSA) is 70.4 Å². The molecular weight excluding hydrogens is 312 g/mol. The van der Waals surface area contributed by atoms with Crippen LogP contribution in [0, 0.1) is 6.92 Å². The lowest BCUT2D eigenvalue weighted by Gasteiger charge is -2.09. The number of carbonyl (C=O) groups excluding carboxylic acids is 1. The summed E-state index contributed by atoms with van der Waals surface area (Å²) in [5.41, 5.74) is 7.50. The van der Waals surface area contributed by atoms with Gasteiger partial charge < -0.3 is 19.5 Å². The molecule has 5 nitrogen and oxygen atoms in total. The van der Waals surface area contributed by atoms with Gasteiger partial charge in [0.2, 0.25) is 0 Å². The highest BCUT2D eigenvalue weighted by atomic mass is 79.9. The van der Waals surface area contributed by atoms with Gasteiger partial charge in [-0.2, -0.15) is 0 Å². The van der Waals surface area contributed by atoms with Gasteiger partial charge in [0, 0.05) is 19.3 Å². The molecule has 19 heavy (non-hydrogen) atoms. The molecule has 0 aromatic carbocycles. The minimum absolute atomic E-state index is 0.464. The molecule has 2 heterocycles. The highest BCUT2D eigenvalue weighted by Gasteiger charge is 2.24. The molecule has 0 aliphatic carbocycles. The highest BCUT2D eigenvalue weighted by Crippen LogP contribution is 2.35. The Labute approximate surface area is 119 Å². The maximum absolute atomic E-state index is 11.6. The Balaban J connectivity index is 2.62. The Morgan fingerprint density at radius 2 is 2.32 bits per heavy atom. The Morgan fingerprint density at radius 1 is 1.58 bits per heavy atom. The molecule has 0 aliphatic rings. The molecule has 0 unspecified atom stereocenters. The normalized spacial score (nSPS) is 10.9. The molecule has 0 saturated carbocycles. The predicted molar refractivity (Wildman–Crippen MR) is 75.0 cm³/mol. The van der Waals surface area contributed by atoms with Gasteiger partial charge in [-0.3, -0.25) is 4.79 Å². The van der Waals surface area contributed by atoms with Crippen LogP contribution in [-0.2, 0) is 11.3 Å². The number of amides is 1. The van der Waals surface area contributed by atoms with E-state index >= 15 is 0 Å². The first-order valence-electron chi connectivity index (χ1n) is 5.79. The van der Waals surface area contributed by atoms with Crippen LogP contribution in [0.15, 0.2) is 27.3 Å². The number of carbonyl (C=O) groups is 1. The van der Waals surface area contributed by atoms with E-state index in [-0.39, 0.29) is 0 Å². The zero-order valence-electron chi connectivity index (χ0n) is 10.8. The number of furan rings is 1. The van der Waals surface area contributed by atoms with Gasteiger partial charge >= 0.3 is 0 Å². The van der Waals surface area contributed by atoms with Crippen LogP contribution >= 0.6 is 15.9 Å². The summed E-state index contributed by atoms with van der Waals surface area (Å²) in [7, 11) is 1.63. The van der Waals surface area contributed by atoms with Crippen LogP contribution in [-0.4, -0.2) is 24.2 Å². The summed E-state index contributed by atoms with van der Waals surface area (Å²) in [5.74, 6) is 0.215. The highest BCUT2D eigenvalue weighted by molar-refractivity contribution is 9.10. The summed E-state index contributed by atoms with van der Waals surface area (Å²) in [4.78, 5) is 11.6. The van der Waals surface area contributed by atoms with Crippen molar-refractivity contribution in [2.45, 2.75) is 13.5 Å². The third kappa shape index (κ3) is 2.46. The fourth-order valence-electron chi connectivity index (χ4n) is 2.10. The van der Waals surface area contributed by atoms with Crippen molar-refractivity contribution in [3.8, 4) is 11.5 Å². The summed E-state index contributed by atoms with van der Waals surface area (Å²) in [6.45, 7) is 3.01. The number of nitrogens with zero attached hydrogens (tertiary/aromatic N) is 1. The standard InChI is InChI=1S/C13H15BrN2O3/c1-8-10(13(15)17)11(14)12(9-4-3-6-19-9)16(8)5-7-18-2/h3-4,6H,5,7H2,1-2H3,(H2,15,17). The molecule has 2 rings (SSSR count). The van der Waals surface area contributed by atoms with Crippen molar-refractivity contribution in [3.63, 3.8) is 0 Å². The Hall–Kier alpha value is -1.53. The number of primary amides is 1. The van der Waals surface area contributed by atoms with E-state index < -0.39 is 5.91 Å². The first-order chi connectivity index (χ1) is 9.07. The largest absolute Gasteiger partial charge is 0.463 e. The molecule has 0 spiro atoms. The molecule has 2 aromatic rings. The average Bonchev–Trinajstić information content (AvgIpc) is 2.93. The Morgan fingerprint density at radius 3 is 2.84 bits per heavy atom. The Bertz CT molecular complexity index is 588. The zero-order chi connectivity index (χ0) is 14.0. The molecule has 102 valence electrons. The molecule has 0 fully saturated rings. The summed E-state index contributed by atoms with van der Waals surface area (Å²) in [6.07, 6.45) is 1.59. The van der Waals surface area contributed by atoms with Gasteiger partial charge in [0.25, 0.3) is 5.91 Å². The minimum atomic E-state index is -0.464. The quantitative estimate of drug-likeness (QED) is 0.917. The third-order valence-corrected chi connectivity index (χ3v) is 3.76. The number of nitrogens with two attached hydrogens (primary N) is 1. The molecule has 0 radical (unpaired) electrons. The van der Waals surface area contributed by atoms with Crippen LogP contribution in [0.25, 0.3) is 11.5 Å². The first-order valence-corrected chi connectivity index (χ1v) is 6.58. The smallest absolute Gasteiger partial charge is 0.251 e. The molecule has 1 amide bonds. The van der Waals surface area contributed by atoms with Gasteiger partial charge in [-0.1, -0.05) is 0 Å². The lowest BCUT2D eigenvalue weighted by atomic mass is 10.2. The van der Waals surface area contributed by atoms with Gasteiger partial charge in [0.1, 0.15) is 0 Å². The van der Waals surface area contributed by atoms with E-state index in [9.17, 15) is 4.79 Å². The second-order valence-corrected chi connectivity index (χ2v) is 4.90. The molecule has 2 aromatic heterocycles. The number of methoxy groups -OCH3 is 1. The van der Waals surface area contributed by atoms with Crippen molar-refractivity contribution in [1.82, 2.24) is 4.57 Å². The minimum Gasteiger partial charge on any atom is -0.463 e. The van der Waals surface area contributed by atoms with Crippen LogP contribution in [0.2, 0.25) is 0 Å². The molecule has 0 bridgehead atoms. The fraction of sp³-hybridized carbons (Fsp3) is 0.308. The predicted octanol–water partition coefficient (Wildman–Crippen LogP) is 2.56. The van der Waals surface area contributed by atoms with E-state index in [1.54, 1.807) is 19.4 Å². The number of hydrogen-bond acceptors (Lipinski definition) is 3. The lowest BCUT2D eigenvalue weighted by molar-refractivity contribution is 0.0998. The lowest BCUT2D eigenvalue weighted by Crippen LogP contribution is -2.13. The van der Waals surface area contributed by atoms with Crippen molar-refractivity contribution >= 4 is 21.8 Å². The maximum Gasteiger partial charge on any atom is 0.251 e. The van der Waals surface area contributed by atoms with Gasteiger partial charge in [0.15, 0.2) is 5.76 Å². The number of halogens is 1. The van der Waals surface area contributed by atoms with Crippen molar-refractivity contribution < 1.29 is 13.9 Å². The molecule has 6 heteroatoms. The van der Waals surface area contributed by atoms with Gasteiger partial charge in [-0.25, -0.2) is 0 Å². The molecule has 0 atom stereocenters. The number of rotatable bonds is 5. The van der Waals surface area contributed by atoms with Gasteiger partial charge in [0.05, 0.1) is 28.6 Å². The zero-order valence-corrected chi connectivity index (χ0v) is 12.4. The van der Waals surface area contributed by atoms with Crippen molar-refractivity contribution in [2.24, 2.45) is 5.73 Å². The number of aromatic nitrogens is 1.